The number of halogens is 1. The smallest absolute Gasteiger partial charge is 0.182 e. The van der Waals surface area contributed by atoms with Gasteiger partial charge in [-0.3, -0.25) is 4.48 Å². The topological polar surface area (TPSA) is 49.7 Å². The van der Waals surface area contributed by atoms with E-state index >= 15 is 0 Å². The number of ether oxygens (including phenoxy) is 1. The third kappa shape index (κ3) is 5.74. The van der Waals surface area contributed by atoms with Crippen LogP contribution in [0.25, 0.3) is 0 Å². The summed E-state index contributed by atoms with van der Waals surface area (Å²) in [5.41, 5.74) is 0. The van der Waals surface area contributed by atoms with E-state index in [1.165, 1.54) is 0 Å². The summed E-state index contributed by atoms with van der Waals surface area (Å²) in [6.45, 7) is 2.02. The van der Waals surface area contributed by atoms with E-state index in [1.54, 1.807) is 7.11 Å². The Morgan fingerprint density at radius 2 is 1.58 bits per heavy atom. The highest BCUT2D eigenvalue weighted by atomic mass is 35.5. The molecular weight excluding hydrogens is 182 g/mol. The third-order valence-electron chi connectivity index (χ3n) is 1.72. The van der Waals surface area contributed by atoms with Crippen LogP contribution < -0.4 is 12.4 Å². The van der Waals surface area contributed by atoms with E-state index in [-0.39, 0.29) is 25.6 Å². The zero-order chi connectivity index (χ0) is 8.74. The van der Waals surface area contributed by atoms with Crippen LogP contribution in [0, 0.1) is 0 Å². The summed E-state index contributed by atoms with van der Waals surface area (Å²) in [6.07, 6.45) is 0. The molecular formula is C7H18ClNO3. The molecule has 0 aliphatic carbocycles. The number of likely N-dealkylation sites (N-methyl/N-ethyl adjacent to an activating group) is 1. The van der Waals surface area contributed by atoms with Gasteiger partial charge in [-0.2, -0.15) is 0 Å². The third-order valence-corrected chi connectivity index (χ3v) is 1.72. The minimum atomic E-state index is 0. The Balaban J connectivity index is 0. The van der Waals surface area contributed by atoms with Crippen LogP contribution in [-0.4, -0.2) is 61.9 Å². The van der Waals surface area contributed by atoms with Gasteiger partial charge in [0.1, 0.15) is 13.1 Å². The summed E-state index contributed by atoms with van der Waals surface area (Å²) >= 11 is 0. The van der Waals surface area contributed by atoms with Crippen molar-refractivity contribution in [2.45, 2.75) is 0 Å². The summed E-state index contributed by atoms with van der Waals surface area (Å²) in [5, 5.41) is 17.4. The first-order valence-electron chi connectivity index (χ1n) is 3.73. The number of aliphatic hydroxyl groups excluding tert-OH is 2. The maximum atomic E-state index is 8.70. The molecule has 0 amide bonds. The molecule has 0 spiro atoms. The van der Waals surface area contributed by atoms with Gasteiger partial charge in [0.2, 0.25) is 0 Å². The van der Waals surface area contributed by atoms with Crippen LogP contribution in [0.2, 0.25) is 0 Å². The van der Waals surface area contributed by atoms with Crippen molar-refractivity contribution in [3.63, 3.8) is 0 Å². The Kier molecular flexibility index (Phi) is 9.47. The lowest BCUT2D eigenvalue weighted by atomic mass is 10.4. The number of rotatable bonds is 6. The van der Waals surface area contributed by atoms with Crippen molar-refractivity contribution >= 4 is 0 Å². The molecule has 0 aromatic carbocycles. The first kappa shape index (κ1) is 14.6. The lowest BCUT2D eigenvalue weighted by Gasteiger charge is -2.31. The zero-order valence-corrected chi connectivity index (χ0v) is 8.42. The molecule has 5 heteroatoms. The van der Waals surface area contributed by atoms with Crippen molar-refractivity contribution in [3.05, 3.63) is 0 Å². The van der Waals surface area contributed by atoms with Crippen molar-refractivity contribution in [3.8, 4) is 0 Å². The van der Waals surface area contributed by atoms with Crippen LogP contribution in [0.4, 0.5) is 0 Å². The molecule has 0 saturated carbocycles. The van der Waals surface area contributed by atoms with E-state index in [1.807, 2.05) is 7.05 Å². The summed E-state index contributed by atoms with van der Waals surface area (Å²) in [7, 11) is 3.56. The van der Waals surface area contributed by atoms with E-state index in [0.717, 1.165) is 0 Å². The van der Waals surface area contributed by atoms with Crippen LogP contribution in [-0.2, 0) is 4.74 Å². The number of hydrogen-bond acceptors (Lipinski definition) is 3. The molecule has 0 atom stereocenters. The molecule has 0 saturated heterocycles. The van der Waals surface area contributed by atoms with Gasteiger partial charge in [-0.05, 0) is 0 Å². The molecule has 0 rings (SSSR count). The van der Waals surface area contributed by atoms with Crippen molar-refractivity contribution in [1.29, 1.82) is 0 Å². The summed E-state index contributed by atoms with van der Waals surface area (Å²) in [4.78, 5) is 0. The van der Waals surface area contributed by atoms with Crippen molar-refractivity contribution in [2.75, 3.05) is 47.2 Å². The lowest BCUT2D eigenvalue weighted by molar-refractivity contribution is -0.927. The molecule has 2 N–H and O–H groups in total. The molecule has 0 bridgehead atoms. The number of aliphatic hydroxyl groups is 2. The lowest BCUT2D eigenvalue weighted by Crippen LogP contribution is -3.00. The van der Waals surface area contributed by atoms with Gasteiger partial charge in [-0.1, -0.05) is 0 Å². The van der Waals surface area contributed by atoms with Crippen LogP contribution in [0.3, 0.4) is 0 Å². The summed E-state index contributed by atoms with van der Waals surface area (Å²) < 4.78 is 5.52. The molecule has 76 valence electrons. The fourth-order valence-corrected chi connectivity index (χ4v) is 1.04. The fraction of sp³-hybridized carbons (Fsp3) is 1.00. The number of methoxy groups -OCH3 is 1. The highest BCUT2D eigenvalue weighted by Gasteiger charge is 2.19. The van der Waals surface area contributed by atoms with Crippen molar-refractivity contribution < 1.29 is 31.8 Å². The normalized spacial score (nSPS) is 11.0. The number of quaternary nitrogens is 1. The van der Waals surface area contributed by atoms with E-state index in [4.69, 9.17) is 14.9 Å². The second-order valence-electron chi connectivity index (χ2n) is 2.93. The highest BCUT2D eigenvalue weighted by Crippen LogP contribution is 1.99. The Hall–Kier alpha value is 0.130. The van der Waals surface area contributed by atoms with E-state index < -0.39 is 0 Å². The predicted molar refractivity (Wildman–Crippen MR) is 42.0 cm³/mol. The molecule has 0 aromatic rings. The standard InChI is InChI=1S/C7H18NO3.ClH/c1-8(3-5-9,4-6-10)7-11-2;/h9-10H,3-7H2,1-2H3;1H/q+1;/p-1. The Morgan fingerprint density at radius 3 is 1.83 bits per heavy atom. The molecule has 12 heavy (non-hydrogen) atoms. The summed E-state index contributed by atoms with van der Waals surface area (Å²) in [5.74, 6) is 0. The minimum Gasteiger partial charge on any atom is -1.00 e. The Morgan fingerprint density at radius 1 is 1.17 bits per heavy atom. The van der Waals surface area contributed by atoms with Crippen LogP contribution >= 0.6 is 0 Å². The average Bonchev–Trinajstić information content (AvgIpc) is 1.88. The highest BCUT2D eigenvalue weighted by molar-refractivity contribution is 4.32. The van der Waals surface area contributed by atoms with Gasteiger partial charge >= 0.3 is 0 Å². The van der Waals surface area contributed by atoms with E-state index in [2.05, 4.69) is 0 Å². The Bertz CT molecular complexity index is 85.6. The van der Waals surface area contributed by atoms with Crippen LogP contribution in [0.5, 0.6) is 0 Å². The maximum Gasteiger partial charge on any atom is 0.182 e. The van der Waals surface area contributed by atoms with Crippen LogP contribution in [0.1, 0.15) is 0 Å². The Labute approximate surface area is 79.8 Å². The molecule has 4 nitrogen and oxygen atoms in total. The fourth-order valence-electron chi connectivity index (χ4n) is 1.04. The van der Waals surface area contributed by atoms with Crippen LogP contribution in [0.15, 0.2) is 0 Å². The first-order chi connectivity index (χ1) is 5.18. The minimum absolute atomic E-state index is 0. The number of nitrogens with zero attached hydrogens (tertiary/aromatic N) is 1. The molecule has 0 aliphatic heterocycles. The zero-order valence-electron chi connectivity index (χ0n) is 7.66. The molecule has 0 heterocycles. The van der Waals surface area contributed by atoms with Gasteiger partial charge in [-0.25, -0.2) is 0 Å². The van der Waals surface area contributed by atoms with Crippen molar-refractivity contribution in [2.24, 2.45) is 0 Å². The monoisotopic (exact) mass is 199 g/mol. The van der Waals surface area contributed by atoms with Gasteiger partial charge in [-0.15, -0.1) is 0 Å². The maximum absolute atomic E-state index is 8.70. The molecule has 0 fully saturated rings. The van der Waals surface area contributed by atoms with E-state index in [9.17, 15) is 0 Å². The second kappa shape index (κ2) is 7.76. The first-order valence-corrected chi connectivity index (χ1v) is 3.73. The molecule has 0 radical (unpaired) electrons. The molecule has 0 unspecified atom stereocenters. The SMILES string of the molecule is COC[N+](C)(CCO)CCO.[Cl-]. The van der Waals surface area contributed by atoms with Gasteiger partial charge in [0, 0.05) is 7.11 Å². The average molecular weight is 200 g/mol. The van der Waals surface area contributed by atoms with Crippen molar-refractivity contribution in [1.82, 2.24) is 0 Å². The quantitative estimate of drug-likeness (QED) is 0.339. The van der Waals surface area contributed by atoms with Gasteiger partial charge in [0.15, 0.2) is 6.73 Å². The summed E-state index contributed by atoms with van der Waals surface area (Å²) in [6, 6.07) is 0. The van der Waals surface area contributed by atoms with Gasteiger partial charge < -0.3 is 27.4 Å². The van der Waals surface area contributed by atoms with E-state index in [0.29, 0.717) is 24.3 Å². The van der Waals surface area contributed by atoms with Gasteiger partial charge in [0.25, 0.3) is 0 Å². The molecule has 0 aromatic heterocycles. The van der Waals surface area contributed by atoms with Gasteiger partial charge in [0.05, 0.1) is 20.3 Å². The largest absolute Gasteiger partial charge is 1.00 e. The predicted octanol–water partition coefficient (Wildman–Crippen LogP) is -3.97. The molecule has 0 aliphatic rings. The number of hydrogen-bond donors (Lipinski definition) is 2. The second-order valence-corrected chi connectivity index (χ2v) is 2.93.